The molecule has 9 heteroatoms. The number of alkyl halides is 3. The van der Waals surface area contributed by atoms with E-state index in [1.165, 1.54) is 0 Å². The van der Waals surface area contributed by atoms with Gasteiger partial charge in [-0.15, -0.1) is 0 Å². The number of nitrogens with zero attached hydrogens (tertiary/aromatic N) is 2. The minimum Gasteiger partial charge on any atom is -0.464 e. The lowest BCUT2D eigenvalue weighted by atomic mass is 10.1. The lowest BCUT2D eigenvalue weighted by Crippen LogP contribution is -2.08. The molecule has 2 aromatic rings. The van der Waals surface area contributed by atoms with Crippen molar-refractivity contribution in [2.45, 2.75) is 6.18 Å². The highest BCUT2D eigenvalue weighted by molar-refractivity contribution is 6.33. The van der Waals surface area contributed by atoms with Crippen molar-refractivity contribution >= 4 is 17.6 Å². The Balaban J connectivity index is 2.51. The Labute approximate surface area is 126 Å². The van der Waals surface area contributed by atoms with Gasteiger partial charge >= 0.3 is 12.1 Å². The Hall–Kier alpha value is -2.22. The quantitative estimate of drug-likeness (QED) is 0.620. The number of hydrogen-bond donors (Lipinski definition) is 0. The van der Waals surface area contributed by atoms with Crippen molar-refractivity contribution in [2.24, 2.45) is 0 Å². The maximum atomic E-state index is 13.9. The van der Waals surface area contributed by atoms with Crippen LogP contribution in [0.2, 0.25) is 5.02 Å². The third-order valence-electron chi connectivity index (χ3n) is 2.66. The minimum absolute atomic E-state index is 0.122. The molecule has 0 aliphatic carbocycles. The zero-order chi connectivity index (χ0) is 16.5. The van der Waals surface area contributed by atoms with Gasteiger partial charge in [0.1, 0.15) is 5.82 Å². The van der Waals surface area contributed by atoms with Crippen LogP contribution in [0.25, 0.3) is 11.4 Å². The van der Waals surface area contributed by atoms with Crippen molar-refractivity contribution in [1.29, 1.82) is 0 Å². The second-order valence-corrected chi connectivity index (χ2v) is 4.48. The fourth-order valence-corrected chi connectivity index (χ4v) is 1.78. The van der Waals surface area contributed by atoms with E-state index in [9.17, 15) is 22.4 Å². The van der Waals surface area contributed by atoms with Crippen LogP contribution in [0.1, 0.15) is 16.1 Å². The molecular weight excluding hydrogens is 328 g/mol. The van der Waals surface area contributed by atoms with Crippen LogP contribution >= 0.6 is 11.6 Å². The number of carbonyl (C=O) groups is 1. The first-order valence-electron chi connectivity index (χ1n) is 5.72. The van der Waals surface area contributed by atoms with Crippen LogP contribution in [0.3, 0.4) is 0 Å². The van der Waals surface area contributed by atoms with Gasteiger partial charge in [0.25, 0.3) is 0 Å². The lowest BCUT2D eigenvalue weighted by Gasteiger charge is -2.09. The third-order valence-corrected chi connectivity index (χ3v) is 2.94. The minimum atomic E-state index is -4.67. The van der Waals surface area contributed by atoms with E-state index in [-0.39, 0.29) is 22.1 Å². The van der Waals surface area contributed by atoms with E-state index in [1.807, 2.05) is 0 Å². The predicted octanol–water partition coefficient (Wildman–Crippen LogP) is 3.74. The highest BCUT2D eigenvalue weighted by atomic mass is 35.5. The van der Waals surface area contributed by atoms with E-state index < -0.39 is 23.5 Å². The molecule has 0 amide bonds. The number of esters is 1. The summed E-state index contributed by atoms with van der Waals surface area (Å²) in [6, 6.07) is 1.89. The van der Waals surface area contributed by atoms with Gasteiger partial charge in [0.2, 0.25) is 0 Å². The van der Waals surface area contributed by atoms with E-state index >= 15 is 0 Å². The maximum Gasteiger partial charge on any atom is 0.416 e. The molecule has 22 heavy (non-hydrogen) atoms. The van der Waals surface area contributed by atoms with Crippen LogP contribution in [0, 0.1) is 5.82 Å². The molecule has 2 rings (SSSR count). The van der Waals surface area contributed by atoms with Crippen molar-refractivity contribution in [2.75, 3.05) is 7.11 Å². The lowest BCUT2D eigenvalue weighted by molar-refractivity contribution is -0.137. The van der Waals surface area contributed by atoms with E-state index in [4.69, 9.17) is 11.6 Å². The van der Waals surface area contributed by atoms with Crippen molar-refractivity contribution in [3.63, 3.8) is 0 Å². The number of aromatic nitrogens is 2. The Morgan fingerprint density at radius 1 is 1.32 bits per heavy atom. The van der Waals surface area contributed by atoms with Crippen LogP contribution in [-0.2, 0) is 10.9 Å². The Bertz CT molecular complexity index is 734. The summed E-state index contributed by atoms with van der Waals surface area (Å²) in [4.78, 5) is 18.9. The average molecular weight is 335 g/mol. The second-order valence-electron chi connectivity index (χ2n) is 4.07. The van der Waals surface area contributed by atoms with Gasteiger partial charge in [0.15, 0.2) is 11.5 Å². The number of methoxy groups -OCH3 is 1. The van der Waals surface area contributed by atoms with E-state index in [2.05, 4.69) is 14.7 Å². The van der Waals surface area contributed by atoms with Gasteiger partial charge in [-0.05, 0) is 18.2 Å². The Morgan fingerprint density at radius 3 is 2.55 bits per heavy atom. The summed E-state index contributed by atoms with van der Waals surface area (Å²) in [5.41, 5.74) is -1.75. The highest BCUT2D eigenvalue weighted by Gasteiger charge is 2.31. The van der Waals surface area contributed by atoms with Crippen molar-refractivity contribution in [3.8, 4) is 11.4 Å². The maximum absolute atomic E-state index is 13.9. The van der Waals surface area contributed by atoms with Crippen LogP contribution in [0.4, 0.5) is 17.6 Å². The number of benzene rings is 1. The number of hydrogen-bond acceptors (Lipinski definition) is 4. The molecule has 1 aromatic carbocycles. The topological polar surface area (TPSA) is 52.1 Å². The summed E-state index contributed by atoms with van der Waals surface area (Å²) >= 11 is 5.71. The van der Waals surface area contributed by atoms with Gasteiger partial charge in [-0.1, -0.05) is 11.6 Å². The van der Waals surface area contributed by atoms with Crippen LogP contribution in [0.5, 0.6) is 0 Å². The zero-order valence-electron chi connectivity index (χ0n) is 10.9. The number of rotatable bonds is 2. The van der Waals surface area contributed by atoms with Crippen LogP contribution in [0.15, 0.2) is 24.4 Å². The Kier molecular flexibility index (Phi) is 4.32. The van der Waals surface area contributed by atoms with Gasteiger partial charge < -0.3 is 4.74 Å². The summed E-state index contributed by atoms with van der Waals surface area (Å²) in [5, 5.41) is -0.122. The summed E-state index contributed by atoms with van der Waals surface area (Å²) < 4.78 is 55.8. The van der Waals surface area contributed by atoms with E-state index in [0.717, 1.165) is 19.4 Å². The standard InChI is InChI=1S/C13H7ClF4N2O2/c1-22-12(21)10-8(14)5-19-11(20-10)7-3-2-6(4-9(7)15)13(16,17)18/h2-5H,1H3. The molecule has 116 valence electrons. The van der Waals surface area contributed by atoms with Gasteiger partial charge in [0.05, 0.1) is 29.5 Å². The first kappa shape index (κ1) is 16.2. The summed E-state index contributed by atoms with van der Waals surface area (Å²) in [6.45, 7) is 0. The van der Waals surface area contributed by atoms with E-state index in [0.29, 0.717) is 12.1 Å². The molecule has 1 heterocycles. The van der Waals surface area contributed by atoms with E-state index in [1.54, 1.807) is 0 Å². The van der Waals surface area contributed by atoms with Crippen molar-refractivity contribution in [3.05, 3.63) is 46.5 Å². The molecule has 0 spiro atoms. The first-order valence-corrected chi connectivity index (χ1v) is 6.10. The molecule has 0 fully saturated rings. The molecule has 0 aliphatic rings. The van der Waals surface area contributed by atoms with Gasteiger partial charge in [-0.3, -0.25) is 0 Å². The molecule has 0 bridgehead atoms. The number of carbonyl (C=O) groups excluding carboxylic acids is 1. The molecule has 1 aromatic heterocycles. The molecule has 0 aliphatic heterocycles. The number of halogens is 5. The monoisotopic (exact) mass is 334 g/mol. The largest absolute Gasteiger partial charge is 0.464 e. The molecule has 0 N–H and O–H groups in total. The van der Waals surface area contributed by atoms with Crippen LogP contribution in [-0.4, -0.2) is 23.0 Å². The molecular formula is C13H7ClF4N2O2. The van der Waals surface area contributed by atoms with Crippen molar-refractivity contribution in [1.82, 2.24) is 9.97 Å². The normalized spacial score (nSPS) is 11.4. The molecule has 0 saturated heterocycles. The third kappa shape index (κ3) is 3.16. The van der Waals surface area contributed by atoms with Crippen molar-refractivity contribution < 1.29 is 27.1 Å². The second kappa shape index (κ2) is 5.88. The van der Waals surface area contributed by atoms with Gasteiger partial charge in [0, 0.05) is 0 Å². The van der Waals surface area contributed by atoms with Gasteiger partial charge in [-0.25, -0.2) is 19.2 Å². The molecule has 0 unspecified atom stereocenters. The fraction of sp³-hybridized carbons (Fsp3) is 0.154. The SMILES string of the molecule is COC(=O)c1nc(-c2ccc(C(F)(F)F)cc2F)ncc1Cl. The molecule has 0 atom stereocenters. The number of ether oxygens (including phenoxy) is 1. The average Bonchev–Trinajstić information content (AvgIpc) is 2.46. The Morgan fingerprint density at radius 2 is 2.00 bits per heavy atom. The van der Waals surface area contributed by atoms with Gasteiger partial charge in [-0.2, -0.15) is 13.2 Å². The zero-order valence-corrected chi connectivity index (χ0v) is 11.7. The fourth-order valence-electron chi connectivity index (χ4n) is 1.61. The highest BCUT2D eigenvalue weighted by Crippen LogP contribution is 2.32. The molecule has 0 radical (unpaired) electrons. The molecule has 0 saturated carbocycles. The summed E-state index contributed by atoms with van der Waals surface area (Å²) in [6.07, 6.45) is -3.63. The first-order chi connectivity index (χ1) is 10.2. The summed E-state index contributed by atoms with van der Waals surface area (Å²) in [5.74, 6) is -2.33. The smallest absolute Gasteiger partial charge is 0.416 e. The van der Waals surface area contributed by atoms with Crippen LogP contribution < -0.4 is 0 Å². The molecule has 4 nitrogen and oxygen atoms in total. The summed E-state index contributed by atoms with van der Waals surface area (Å²) in [7, 11) is 1.10. The predicted molar refractivity (Wildman–Crippen MR) is 68.8 cm³/mol.